The van der Waals surface area contributed by atoms with Gasteiger partial charge >= 0.3 is 184 Å². The third-order valence-corrected chi connectivity index (χ3v) is 26.9. The molecule has 3 heteroatoms. The van der Waals surface area contributed by atoms with Gasteiger partial charge in [-0.05, 0) is 0 Å². The van der Waals surface area contributed by atoms with Gasteiger partial charge in [0, 0.05) is 0 Å². The zero-order chi connectivity index (χ0) is 21.7. The van der Waals surface area contributed by atoms with Crippen LogP contribution in [0.1, 0.15) is 99.8 Å². The van der Waals surface area contributed by atoms with E-state index in [1.54, 1.807) is 3.59 Å². The Balaban J connectivity index is 5.95. The summed E-state index contributed by atoms with van der Waals surface area (Å²) < 4.78 is 13.0. The second-order valence-corrected chi connectivity index (χ2v) is 28.4. The van der Waals surface area contributed by atoms with Gasteiger partial charge in [-0.2, -0.15) is 0 Å². The molecule has 0 radical (unpaired) electrons. The molecule has 0 aromatic heterocycles. The Hall–Kier alpha value is 0.496. The van der Waals surface area contributed by atoms with Crippen molar-refractivity contribution in [2.75, 3.05) is 6.61 Å². The molecule has 0 spiro atoms. The van der Waals surface area contributed by atoms with Gasteiger partial charge < -0.3 is 0 Å². The van der Waals surface area contributed by atoms with Crippen molar-refractivity contribution in [3.05, 3.63) is 15.4 Å². The molecule has 0 N–H and O–H groups in total. The number of unbranched alkanes of at least 4 members (excludes halogenated alkanes) is 4. The maximum absolute atomic E-state index is 6.80. The van der Waals surface area contributed by atoms with Crippen LogP contribution in [0.2, 0.25) is 31.4 Å². The fourth-order valence-electron chi connectivity index (χ4n) is 3.53. The van der Waals surface area contributed by atoms with Crippen LogP contribution in [0.25, 0.3) is 0 Å². The van der Waals surface area contributed by atoms with Crippen molar-refractivity contribution in [1.82, 2.24) is 0 Å². The molecule has 0 aliphatic rings. The van der Waals surface area contributed by atoms with Gasteiger partial charge in [0.05, 0.1) is 0 Å². The van der Waals surface area contributed by atoms with Crippen LogP contribution in [0.4, 0.5) is 0 Å². The van der Waals surface area contributed by atoms with E-state index in [9.17, 15) is 0 Å². The van der Waals surface area contributed by atoms with E-state index in [-0.39, 0.29) is 5.04 Å². The summed E-state index contributed by atoms with van der Waals surface area (Å²) >= 11 is -2.45. The van der Waals surface area contributed by atoms with E-state index < -0.39 is 26.7 Å². The molecule has 0 unspecified atom stereocenters. The first-order valence-corrected chi connectivity index (χ1v) is 22.6. The van der Waals surface area contributed by atoms with Crippen molar-refractivity contribution in [2.24, 2.45) is 0 Å². The summed E-state index contributed by atoms with van der Waals surface area (Å²) in [7, 11) is -1.73. The maximum atomic E-state index is 6.80. The Morgan fingerprint density at radius 3 is 1.68 bits per heavy atom. The van der Waals surface area contributed by atoms with Crippen molar-refractivity contribution >= 4 is 26.7 Å². The van der Waals surface area contributed by atoms with Crippen molar-refractivity contribution in [2.45, 2.75) is 131 Å². The molecule has 1 nitrogen and oxygen atoms in total. The molecule has 0 saturated carbocycles. The van der Waals surface area contributed by atoms with Gasteiger partial charge in [-0.3, -0.25) is 0 Å². The van der Waals surface area contributed by atoms with E-state index in [0.29, 0.717) is 0 Å². The molecule has 0 aromatic carbocycles. The zero-order valence-electron chi connectivity index (χ0n) is 21.0. The molecule has 0 saturated heterocycles. The summed E-state index contributed by atoms with van der Waals surface area (Å²) in [6, 6.07) is 0. The van der Waals surface area contributed by atoms with Crippen LogP contribution in [-0.2, 0) is 4.43 Å². The molecule has 0 aliphatic heterocycles. The molecular weight excluding hydrogens is 463 g/mol. The van der Waals surface area contributed by atoms with Crippen LogP contribution in [0.5, 0.6) is 0 Å². The van der Waals surface area contributed by atoms with Crippen molar-refractivity contribution in [3.8, 4) is 0 Å². The fraction of sp³-hybridized carbons (Fsp3) is 0.880. The van der Waals surface area contributed by atoms with Crippen LogP contribution in [0, 0.1) is 0 Å². The topological polar surface area (TPSA) is 9.23 Å². The minimum absolute atomic E-state index is 0.277. The van der Waals surface area contributed by atoms with Crippen LogP contribution in [0.15, 0.2) is 15.4 Å². The Labute approximate surface area is 183 Å². The van der Waals surface area contributed by atoms with E-state index in [1.807, 2.05) is 0 Å². The standard InChI is InChI=1S/C13H25OSi.3C4H9.Sn/c1-7-8-9-10-11-12-14-15(5,6)13(2,3)4;3*1-3-4-2;/h9H,7-8,12H2,1-6H3;3*1,3-4H2,2H3;. The second-order valence-electron chi connectivity index (χ2n) is 10.3. The first-order valence-electron chi connectivity index (χ1n) is 12.2. The number of hydrogen-bond donors (Lipinski definition) is 0. The van der Waals surface area contributed by atoms with Crippen molar-refractivity contribution in [3.63, 3.8) is 0 Å². The summed E-state index contributed by atoms with van der Waals surface area (Å²) in [6.45, 7) is 22.1. The molecule has 0 atom stereocenters. The molecule has 28 heavy (non-hydrogen) atoms. The fourth-order valence-corrected chi connectivity index (χ4v) is 20.7. The summed E-state index contributed by atoms with van der Waals surface area (Å²) in [6.07, 6.45) is 12.9. The number of hydrogen-bond acceptors (Lipinski definition) is 1. The van der Waals surface area contributed by atoms with E-state index in [4.69, 9.17) is 4.43 Å². The zero-order valence-corrected chi connectivity index (χ0v) is 24.8. The van der Waals surface area contributed by atoms with Gasteiger partial charge in [0.1, 0.15) is 0 Å². The Morgan fingerprint density at radius 2 is 1.32 bits per heavy atom. The molecule has 0 fully saturated rings. The predicted octanol–water partition coefficient (Wildman–Crippen LogP) is 9.28. The molecule has 0 bridgehead atoms. The van der Waals surface area contributed by atoms with Gasteiger partial charge in [0.15, 0.2) is 0 Å². The van der Waals surface area contributed by atoms with Gasteiger partial charge in [-0.1, -0.05) is 0 Å². The normalized spacial score (nSPS) is 12.8. The van der Waals surface area contributed by atoms with Crippen LogP contribution in [-0.4, -0.2) is 33.3 Å². The Bertz CT molecular complexity index is 448. The Kier molecular flexibility index (Phi) is 14.7. The van der Waals surface area contributed by atoms with E-state index in [0.717, 1.165) is 13.0 Å². The van der Waals surface area contributed by atoms with Crippen LogP contribution < -0.4 is 0 Å². The third-order valence-electron chi connectivity index (χ3n) is 6.76. The minimum atomic E-state index is -2.45. The van der Waals surface area contributed by atoms with E-state index in [2.05, 4.69) is 73.4 Å². The molecule has 0 amide bonds. The second kappa shape index (κ2) is 14.5. The van der Waals surface area contributed by atoms with Gasteiger partial charge in [-0.25, -0.2) is 0 Å². The summed E-state index contributed by atoms with van der Waals surface area (Å²) in [5, 5.41) is 0.277. The van der Waals surface area contributed by atoms with E-state index in [1.165, 1.54) is 58.3 Å². The summed E-state index contributed by atoms with van der Waals surface area (Å²) in [5.74, 6) is 0. The molecule has 0 rings (SSSR count). The average Bonchev–Trinajstić information content (AvgIpc) is 2.63. The predicted molar refractivity (Wildman–Crippen MR) is 135 cm³/mol. The molecule has 0 aromatic rings. The molecular formula is C25H52OSiSn. The molecule has 166 valence electrons. The van der Waals surface area contributed by atoms with Crippen molar-refractivity contribution in [1.29, 1.82) is 0 Å². The summed E-state index contributed by atoms with van der Waals surface area (Å²) in [5.41, 5.74) is 3.89. The number of rotatable bonds is 15. The van der Waals surface area contributed by atoms with Gasteiger partial charge in [0.2, 0.25) is 0 Å². The molecule has 0 aliphatic carbocycles. The SMILES string of the molecule is CCCC=C=[C](CO[Si](C)(C)C(C)(C)C)[Sn]([CH2]CCC)([CH2]CCC)[CH2]CCC. The van der Waals surface area contributed by atoms with Crippen molar-refractivity contribution < 1.29 is 4.43 Å². The average molecular weight is 515 g/mol. The van der Waals surface area contributed by atoms with Gasteiger partial charge in [-0.15, -0.1) is 0 Å². The van der Waals surface area contributed by atoms with E-state index >= 15 is 0 Å². The summed E-state index contributed by atoms with van der Waals surface area (Å²) in [4.78, 5) is 0. The first-order chi connectivity index (χ1) is 13.1. The Morgan fingerprint density at radius 1 is 0.857 bits per heavy atom. The quantitative estimate of drug-likeness (QED) is 0.156. The molecule has 0 heterocycles. The first kappa shape index (κ1) is 28.5. The van der Waals surface area contributed by atoms with Gasteiger partial charge in [0.25, 0.3) is 0 Å². The van der Waals surface area contributed by atoms with Crippen LogP contribution in [0.3, 0.4) is 0 Å². The monoisotopic (exact) mass is 516 g/mol. The van der Waals surface area contributed by atoms with Crippen LogP contribution >= 0.6 is 0 Å². The third kappa shape index (κ3) is 10.0.